The molecule has 3 nitrogen and oxygen atoms in total. The van der Waals surface area contributed by atoms with Crippen molar-refractivity contribution in [3.63, 3.8) is 0 Å². The van der Waals surface area contributed by atoms with Crippen LogP contribution in [0.25, 0.3) is 0 Å². The maximum absolute atomic E-state index is 10.1. The lowest BCUT2D eigenvalue weighted by Crippen LogP contribution is -2.11. The molecule has 0 aliphatic rings. The van der Waals surface area contributed by atoms with E-state index < -0.39 is 0 Å². The highest BCUT2D eigenvalue weighted by Gasteiger charge is 1.78. The molecule has 0 atom stereocenters. The molecule has 0 saturated heterocycles. The number of ether oxygens (including phenoxy) is 1. The molecule has 8 heavy (non-hydrogen) atoms. The largest absolute Gasteiger partial charge is 0.503 e. The number of methoxy groups -OCH3 is 1. The average Bonchev–Trinajstić information content (AvgIpc) is 1.66. The predicted octanol–water partition coefficient (Wildman–Crippen LogP) is 0.240. The lowest BCUT2D eigenvalue weighted by Gasteiger charge is -1.88. The number of hydrogen-bond donors (Lipinski definition) is 1. The van der Waals surface area contributed by atoms with E-state index in [-0.39, 0.29) is 5.91 Å². The monoisotopic (exact) mass is 115 g/mol. The third-order valence-corrected chi connectivity index (χ3v) is 0.491. The molecule has 0 heterocycles. The number of carbonyl (C=O) groups excluding carboxylic acids is 1. The first kappa shape index (κ1) is 7.01. The van der Waals surface area contributed by atoms with E-state index in [2.05, 4.69) is 10.1 Å². The van der Waals surface area contributed by atoms with E-state index in [1.54, 1.807) is 0 Å². The lowest BCUT2D eigenvalue weighted by atomic mass is 10.7. The van der Waals surface area contributed by atoms with E-state index in [1.807, 2.05) is 0 Å². The zero-order valence-electron chi connectivity index (χ0n) is 4.97. The Labute approximate surface area is 48.3 Å². The second-order valence-electron chi connectivity index (χ2n) is 1.24. The fraction of sp³-hybridized carbons (Fsp3) is 0.400. The first-order valence-corrected chi connectivity index (χ1v) is 2.22. The fourth-order valence-corrected chi connectivity index (χ4v) is 0.219. The fourth-order valence-electron chi connectivity index (χ4n) is 0.219. The molecule has 1 amide bonds. The first-order chi connectivity index (χ1) is 3.77. The van der Waals surface area contributed by atoms with E-state index in [4.69, 9.17) is 0 Å². The van der Waals surface area contributed by atoms with Gasteiger partial charge in [-0.3, -0.25) is 4.79 Å². The Hall–Kier alpha value is -0.990. The van der Waals surface area contributed by atoms with E-state index in [0.29, 0.717) is 0 Å². The summed E-state index contributed by atoms with van der Waals surface area (Å²) in [6, 6.07) is 0. The van der Waals surface area contributed by atoms with E-state index in [9.17, 15) is 4.79 Å². The van der Waals surface area contributed by atoms with Crippen molar-refractivity contribution in [3.8, 4) is 0 Å². The molecular formula is C5H9NO2. The van der Waals surface area contributed by atoms with Crippen LogP contribution >= 0.6 is 0 Å². The van der Waals surface area contributed by atoms with Gasteiger partial charge in [-0.05, 0) is 0 Å². The quantitative estimate of drug-likeness (QED) is 0.523. The summed E-state index contributed by atoms with van der Waals surface area (Å²) in [5.41, 5.74) is 0. The third kappa shape index (κ3) is 5.01. The van der Waals surface area contributed by atoms with Gasteiger partial charge in [-0.1, -0.05) is 0 Å². The molecule has 0 aliphatic heterocycles. The molecule has 0 unspecified atom stereocenters. The van der Waals surface area contributed by atoms with Crippen molar-refractivity contribution in [1.29, 1.82) is 0 Å². The minimum atomic E-state index is -0.0988. The van der Waals surface area contributed by atoms with Crippen molar-refractivity contribution >= 4 is 5.91 Å². The Morgan fingerprint density at radius 3 is 2.75 bits per heavy atom. The number of rotatable bonds is 2. The van der Waals surface area contributed by atoms with Gasteiger partial charge in [0.15, 0.2) is 0 Å². The Morgan fingerprint density at radius 2 is 2.38 bits per heavy atom. The molecular weight excluding hydrogens is 106 g/mol. The zero-order valence-corrected chi connectivity index (χ0v) is 4.97. The van der Waals surface area contributed by atoms with Crippen molar-refractivity contribution < 1.29 is 9.53 Å². The molecule has 0 spiro atoms. The molecule has 0 aromatic carbocycles. The van der Waals surface area contributed by atoms with Gasteiger partial charge in [-0.2, -0.15) is 0 Å². The van der Waals surface area contributed by atoms with E-state index in [0.717, 1.165) is 0 Å². The van der Waals surface area contributed by atoms with Gasteiger partial charge >= 0.3 is 0 Å². The van der Waals surface area contributed by atoms with Gasteiger partial charge in [0.05, 0.1) is 13.4 Å². The van der Waals surface area contributed by atoms with Gasteiger partial charge in [0.2, 0.25) is 5.91 Å². The molecule has 0 rings (SSSR count). The van der Waals surface area contributed by atoms with Gasteiger partial charge in [-0.15, -0.1) is 0 Å². The molecule has 0 aliphatic carbocycles. The van der Waals surface area contributed by atoms with Crippen LogP contribution in [0.5, 0.6) is 0 Å². The summed E-state index contributed by atoms with van der Waals surface area (Å²) in [5.74, 6) is -0.0988. The topological polar surface area (TPSA) is 38.3 Å². The minimum absolute atomic E-state index is 0.0988. The Balaban J connectivity index is 3.16. The zero-order chi connectivity index (χ0) is 6.41. The van der Waals surface area contributed by atoms with Crippen LogP contribution in [0.1, 0.15) is 6.92 Å². The third-order valence-electron chi connectivity index (χ3n) is 0.491. The van der Waals surface area contributed by atoms with Gasteiger partial charge in [0.1, 0.15) is 0 Å². The Morgan fingerprint density at radius 1 is 1.75 bits per heavy atom. The molecule has 0 fully saturated rings. The van der Waals surface area contributed by atoms with Crippen LogP contribution in [0.4, 0.5) is 0 Å². The maximum Gasteiger partial charge on any atom is 0.220 e. The van der Waals surface area contributed by atoms with Crippen LogP contribution < -0.4 is 5.32 Å². The lowest BCUT2D eigenvalue weighted by molar-refractivity contribution is -0.118. The predicted molar refractivity (Wildman–Crippen MR) is 30.0 cm³/mol. The Bertz CT molecular complexity index is 98.6. The summed E-state index contributed by atoms with van der Waals surface area (Å²) >= 11 is 0. The van der Waals surface area contributed by atoms with Gasteiger partial charge < -0.3 is 10.1 Å². The van der Waals surface area contributed by atoms with Gasteiger partial charge in [0.25, 0.3) is 0 Å². The second kappa shape index (κ2) is 4.18. The molecule has 0 radical (unpaired) electrons. The standard InChI is InChI=1S/C5H9NO2/c1-5(7)6-3-4-8-2/h3-4H,1-2H3,(H,6,7)/b4-3-. The molecule has 1 N–H and O–H groups in total. The first-order valence-electron chi connectivity index (χ1n) is 2.22. The number of carbonyl (C=O) groups is 1. The number of amides is 1. The van der Waals surface area contributed by atoms with Crippen molar-refractivity contribution in [2.45, 2.75) is 6.92 Å². The van der Waals surface area contributed by atoms with Crippen LogP contribution in [0.15, 0.2) is 12.5 Å². The van der Waals surface area contributed by atoms with Crippen LogP contribution in [0.3, 0.4) is 0 Å². The highest BCUT2D eigenvalue weighted by atomic mass is 16.5. The highest BCUT2D eigenvalue weighted by molar-refractivity contribution is 5.73. The summed E-state index contributed by atoms with van der Waals surface area (Å²) in [7, 11) is 1.51. The molecule has 0 aromatic heterocycles. The molecule has 46 valence electrons. The summed E-state index contributed by atoms with van der Waals surface area (Å²) in [6.07, 6.45) is 2.82. The minimum Gasteiger partial charge on any atom is -0.503 e. The average molecular weight is 115 g/mol. The molecule has 0 aromatic rings. The molecule has 0 saturated carbocycles. The second-order valence-corrected chi connectivity index (χ2v) is 1.24. The van der Waals surface area contributed by atoms with Gasteiger partial charge in [-0.25, -0.2) is 0 Å². The smallest absolute Gasteiger partial charge is 0.220 e. The molecule has 0 bridgehead atoms. The van der Waals surface area contributed by atoms with E-state index in [1.165, 1.54) is 26.5 Å². The Kier molecular flexibility index (Phi) is 3.66. The van der Waals surface area contributed by atoms with E-state index >= 15 is 0 Å². The van der Waals surface area contributed by atoms with Crippen LogP contribution in [0.2, 0.25) is 0 Å². The van der Waals surface area contributed by atoms with Crippen molar-refractivity contribution in [2.75, 3.05) is 7.11 Å². The number of hydrogen-bond acceptors (Lipinski definition) is 2. The SMILES string of the molecule is CO/C=C\NC(C)=O. The van der Waals surface area contributed by atoms with Gasteiger partial charge in [0, 0.05) is 13.1 Å². The highest BCUT2D eigenvalue weighted by Crippen LogP contribution is 1.66. The normalized spacial score (nSPS) is 9.25. The summed E-state index contributed by atoms with van der Waals surface area (Å²) in [4.78, 5) is 10.1. The van der Waals surface area contributed by atoms with Crippen molar-refractivity contribution in [3.05, 3.63) is 12.5 Å². The van der Waals surface area contributed by atoms with Crippen LogP contribution in [0, 0.1) is 0 Å². The summed E-state index contributed by atoms with van der Waals surface area (Å²) < 4.78 is 4.50. The van der Waals surface area contributed by atoms with Crippen LogP contribution in [-0.2, 0) is 9.53 Å². The van der Waals surface area contributed by atoms with Crippen LogP contribution in [-0.4, -0.2) is 13.0 Å². The van der Waals surface area contributed by atoms with Crippen molar-refractivity contribution in [1.82, 2.24) is 5.32 Å². The van der Waals surface area contributed by atoms with Crippen molar-refractivity contribution in [2.24, 2.45) is 0 Å². The summed E-state index contributed by atoms with van der Waals surface area (Å²) in [6.45, 7) is 1.43. The number of nitrogens with one attached hydrogen (secondary N) is 1. The summed E-state index contributed by atoms with van der Waals surface area (Å²) in [5, 5.41) is 2.40. The maximum atomic E-state index is 10.1. The molecule has 3 heteroatoms.